The monoisotopic (exact) mass is 1900 g/mol. The van der Waals surface area contributed by atoms with E-state index in [2.05, 4.69) is 116 Å². The van der Waals surface area contributed by atoms with Gasteiger partial charge >= 0.3 is 0 Å². The number of nitrogens with two attached hydrogens (primary N) is 2. The zero-order valence-corrected chi connectivity index (χ0v) is 75.7. The molecule has 5 aliphatic carbocycles. The van der Waals surface area contributed by atoms with Crippen LogP contribution < -0.4 is 27.4 Å². The molecule has 0 radical (unpaired) electrons. The summed E-state index contributed by atoms with van der Waals surface area (Å²) in [5.74, 6) is -0.425. The van der Waals surface area contributed by atoms with E-state index < -0.39 is 17.5 Å². The Bertz CT molecular complexity index is 4200. The maximum absolute atomic E-state index is 14.5. The van der Waals surface area contributed by atoms with Gasteiger partial charge in [-0.15, -0.1) is 0 Å². The number of hydrogen-bond donors (Lipinski definition) is 9. The number of nitrogens with one attached hydrogen (secondary N) is 4. The number of aliphatic hydroxyl groups excluding tert-OH is 2. The number of halogens is 11. The number of fused-ring (bicyclic) bond motifs is 2. The van der Waals surface area contributed by atoms with Crippen LogP contribution in [0.25, 0.3) is 33.1 Å². The lowest BCUT2D eigenvalue weighted by molar-refractivity contribution is 0.0950. The van der Waals surface area contributed by atoms with E-state index in [-0.39, 0.29) is 45.4 Å². The highest BCUT2D eigenvalue weighted by Crippen LogP contribution is 2.35. The molecule has 5 aliphatic rings. The fraction of sp³-hybridized carbons (Fsp3) is 0.410. The standard InChI is InChI=1S/C21H20FN3O2.C10H10BrFN2.C10H9BrN2O.C7H4BrClFN.C7H5BrFNO.C7H4BrFO.C4H10O.C3H7N.6C2H6.2CH4O/c1-11-17(8-13(9-18(11)22)21(26)24-15-5-6-15)12-2-7-16-19(10-12)27-25-20(16)23-14-3-4-14;11-6-1-4-8(9(12)5-6)10(13)14-7-2-3-7;11-6-1-4-8-9(5-6)14-13-10(8)12-7-2-3-7;8-4-1-2-5(7(9)11)6(10)3-4;8-6-2-1-5(4-10-11)7(9)3-6;8-6-2-1-5(4-10)7(9)3-6;1-3-5-4-2;4-3-1-2-3;8*1-2/h2,7-10,14-15H,3-6H2,1H3,(H,23,25)(H,24,26);1,4-5,7H,2-3H2,(H2,13,14);1,4-5,7H,2-3H2,(H,12,13);1-3,11H;1-4,11H;1-4H;3-4H2,1-2H3;3H,1-2,4H2;6*1-2H3;2*2H,1H3. The molecule has 0 spiro atoms. The molecule has 2 aromatic heterocycles. The molecule has 0 atom stereocenters. The molecule has 0 saturated heterocycles. The van der Waals surface area contributed by atoms with Crippen molar-refractivity contribution in [3.8, 4) is 11.1 Å². The van der Waals surface area contributed by atoms with Crippen LogP contribution in [0.1, 0.15) is 204 Å². The van der Waals surface area contributed by atoms with E-state index >= 15 is 0 Å². The number of amidine groups is 1. The zero-order chi connectivity index (χ0) is 85.6. The molecular formula is C83H113Br5ClF5N10O8. The number of aliphatic hydroxyl groups is 2. The number of anilines is 2. The number of oxime groups is 1. The van der Waals surface area contributed by atoms with Crippen LogP contribution in [0.2, 0.25) is 0 Å². The Morgan fingerprint density at radius 2 is 0.955 bits per heavy atom. The van der Waals surface area contributed by atoms with Crippen molar-refractivity contribution in [1.29, 1.82) is 5.41 Å². The number of hydrogen-bond acceptors (Lipinski definition) is 16. The van der Waals surface area contributed by atoms with Gasteiger partial charge in [-0.3, -0.25) is 20.0 Å². The minimum absolute atomic E-state index is 0.0863. The second-order valence-corrected chi connectivity index (χ2v) is 27.2. The molecular weight excluding hydrogens is 1790 g/mol. The fourth-order valence-corrected chi connectivity index (χ4v) is 9.90. The minimum atomic E-state index is -0.496. The van der Waals surface area contributed by atoms with Gasteiger partial charge < -0.3 is 56.6 Å². The summed E-state index contributed by atoms with van der Waals surface area (Å²) >= 11 is 21.1. The molecule has 0 bridgehead atoms. The van der Waals surface area contributed by atoms with Crippen LogP contribution in [0.4, 0.5) is 33.6 Å². The second-order valence-electron chi connectivity index (χ2n) is 22.3. The topological polar surface area (TPSA) is 293 Å². The number of aldehydes is 1. The molecule has 0 unspecified atom stereocenters. The number of ether oxygens (including phenoxy) is 1. The van der Waals surface area contributed by atoms with Gasteiger partial charge in [0, 0.05) is 90.7 Å². The largest absolute Gasteiger partial charge is 0.411 e. The number of amides is 1. The number of carbonyl (C=O) groups is 2. The molecule has 7 aromatic carbocycles. The summed E-state index contributed by atoms with van der Waals surface area (Å²) in [5.41, 5.74) is 15.6. The second kappa shape index (κ2) is 62.4. The molecule has 9 aromatic rings. The quantitative estimate of drug-likeness (QED) is 0.0122. The highest BCUT2D eigenvalue weighted by atomic mass is 79.9. The van der Waals surface area contributed by atoms with E-state index in [1.165, 1.54) is 74.2 Å². The van der Waals surface area contributed by atoms with E-state index in [0.29, 0.717) is 82.0 Å². The molecule has 11 N–H and O–H groups in total. The Balaban J connectivity index is 0. The molecule has 18 nitrogen and oxygen atoms in total. The summed E-state index contributed by atoms with van der Waals surface area (Å²) in [6, 6.07) is 34.8. The zero-order valence-electron chi connectivity index (χ0n) is 67.1. The number of nitrogens with zero attached hydrogens (tertiary/aromatic N) is 4. The lowest BCUT2D eigenvalue weighted by Gasteiger charge is -2.11. The predicted octanol–water partition coefficient (Wildman–Crippen LogP) is 24.5. The van der Waals surface area contributed by atoms with Crippen LogP contribution >= 0.6 is 91.3 Å². The van der Waals surface area contributed by atoms with Gasteiger partial charge in [0.15, 0.2) is 29.1 Å². The smallest absolute Gasteiger partial charge is 0.251 e. The van der Waals surface area contributed by atoms with Crippen LogP contribution in [0.5, 0.6) is 0 Å². The van der Waals surface area contributed by atoms with Crippen LogP contribution in [0.3, 0.4) is 0 Å². The van der Waals surface area contributed by atoms with Gasteiger partial charge in [-0.2, -0.15) is 0 Å². The average molecular weight is 1910 g/mol. The van der Waals surface area contributed by atoms with Crippen molar-refractivity contribution in [3.63, 3.8) is 0 Å². The summed E-state index contributed by atoms with van der Waals surface area (Å²) in [5, 5.41) is 51.2. The van der Waals surface area contributed by atoms with Gasteiger partial charge in [0.05, 0.1) is 34.2 Å². The first kappa shape index (κ1) is 107. The van der Waals surface area contributed by atoms with Gasteiger partial charge in [0.1, 0.15) is 40.1 Å². The Morgan fingerprint density at radius 3 is 1.33 bits per heavy atom. The number of carbonyl (C=O) groups excluding carboxylic acids is 2. The summed E-state index contributed by atoms with van der Waals surface area (Å²) in [6.45, 7) is 31.4. The van der Waals surface area contributed by atoms with E-state index in [9.17, 15) is 31.5 Å². The third-order valence-corrected chi connectivity index (χ3v) is 16.8. The van der Waals surface area contributed by atoms with Gasteiger partial charge in [-0.05, 0) is 217 Å². The Hall–Kier alpha value is -6.99. The molecule has 112 heavy (non-hydrogen) atoms. The Kier molecular flexibility index (Phi) is 59.6. The predicted molar refractivity (Wildman–Crippen MR) is 471 cm³/mol. The summed E-state index contributed by atoms with van der Waals surface area (Å²) in [4.78, 5) is 26.6. The Morgan fingerprint density at radius 1 is 0.562 bits per heavy atom. The maximum Gasteiger partial charge on any atom is 0.251 e. The van der Waals surface area contributed by atoms with Crippen molar-refractivity contribution >= 4 is 154 Å². The van der Waals surface area contributed by atoms with Crippen LogP contribution in [-0.2, 0) is 4.74 Å². The lowest BCUT2D eigenvalue weighted by Crippen LogP contribution is -2.25. The molecule has 2 heterocycles. The molecule has 1 amide bonds. The molecule has 29 heteroatoms. The maximum atomic E-state index is 14.5. The summed E-state index contributed by atoms with van der Waals surface area (Å²) in [7, 11) is 2.00. The molecule has 0 aliphatic heterocycles. The van der Waals surface area contributed by atoms with Crippen molar-refractivity contribution in [1.82, 2.24) is 15.6 Å². The van der Waals surface area contributed by atoms with Gasteiger partial charge in [0.2, 0.25) is 0 Å². The minimum Gasteiger partial charge on any atom is -0.411 e. The molecule has 5 fully saturated rings. The van der Waals surface area contributed by atoms with E-state index in [0.717, 1.165) is 110 Å². The molecule has 5 saturated carbocycles. The highest BCUT2D eigenvalue weighted by Gasteiger charge is 2.27. The molecule has 620 valence electrons. The first-order valence-electron chi connectivity index (χ1n) is 37.3. The SMILES string of the molecule is Brc1ccc2c(NC3CC3)noc2c1.CC.CC.CC.CC.CC.CC.CCOCC.CO.CO.Cc1c(F)cc(C(=O)NC2CC2)cc1-c1ccc2c(NC3CC3)noc2c1.N=C(Cl)c1ccc(Br)cc1F.NC(=NC1CC1)c1ccc(Br)cc1F.NC1CC1.O=Cc1ccc(Br)cc1F.ON=Cc1ccc(Br)cc1F. The van der Waals surface area contributed by atoms with Crippen molar-refractivity contribution in [2.24, 2.45) is 21.6 Å². The summed E-state index contributed by atoms with van der Waals surface area (Å²) in [6.07, 6.45) is 13.0. The van der Waals surface area contributed by atoms with Crippen LogP contribution in [0.15, 0.2) is 163 Å². The fourth-order valence-electron chi connectivity index (χ4n) is 8.07. The van der Waals surface area contributed by atoms with Crippen molar-refractivity contribution < 1.29 is 60.7 Å². The Labute approximate surface area is 705 Å². The third kappa shape index (κ3) is 42.4. The first-order valence-corrected chi connectivity index (χ1v) is 41.6. The summed E-state index contributed by atoms with van der Waals surface area (Å²) < 4.78 is 85.3. The van der Waals surface area contributed by atoms with E-state index in [1.54, 1.807) is 43.3 Å². The van der Waals surface area contributed by atoms with Crippen molar-refractivity contribution in [2.45, 2.75) is 198 Å². The number of benzene rings is 7. The van der Waals surface area contributed by atoms with Gasteiger partial charge in [0.25, 0.3) is 5.91 Å². The van der Waals surface area contributed by atoms with Crippen molar-refractivity contribution in [3.05, 3.63) is 206 Å². The van der Waals surface area contributed by atoms with E-state index in [1.807, 2.05) is 133 Å². The van der Waals surface area contributed by atoms with Crippen LogP contribution in [-0.4, -0.2) is 113 Å². The number of aliphatic imine (C=N–C) groups is 1. The molecule has 14 rings (SSSR count). The van der Waals surface area contributed by atoms with Gasteiger partial charge in [-0.25, -0.2) is 22.0 Å². The first-order chi connectivity index (χ1) is 54.0. The number of aromatic nitrogens is 2. The normalized spacial score (nSPS) is 12.7. The average Bonchev–Trinajstić information content (AvgIpc) is 1.66. The van der Waals surface area contributed by atoms with Crippen molar-refractivity contribution in [2.75, 3.05) is 38.1 Å². The van der Waals surface area contributed by atoms with Gasteiger partial charge in [-0.1, -0.05) is 196 Å². The van der Waals surface area contributed by atoms with Crippen LogP contribution in [0, 0.1) is 41.4 Å². The highest BCUT2D eigenvalue weighted by molar-refractivity contribution is 9.11. The third-order valence-electron chi connectivity index (χ3n) is 14.1. The van der Waals surface area contributed by atoms with E-state index in [4.69, 9.17) is 57.7 Å². The number of rotatable bonds is 14. The lowest BCUT2D eigenvalue weighted by atomic mass is 9.96.